The van der Waals surface area contributed by atoms with Crippen LogP contribution in [-0.2, 0) is 19.6 Å². The molecule has 102 valence electrons. The number of aliphatic hydroxyl groups excluding tert-OH is 1. The van der Waals surface area contributed by atoms with Crippen LogP contribution in [0.25, 0.3) is 0 Å². The molecule has 0 saturated carbocycles. The van der Waals surface area contributed by atoms with Crippen LogP contribution in [0.2, 0.25) is 10.0 Å². The van der Waals surface area contributed by atoms with Crippen LogP contribution < -0.4 is 0 Å². The van der Waals surface area contributed by atoms with Crippen molar-refractivity contribution in [3.63, 3.8) is 0 Å². The van der Waals surface area contributed by atoms with Crippen molar-refractivity contribution in [3.8, 4) is 0 Å². The minimum atomic E-state index is -0.0936. The molecule has 1 aromatic heterocycles. The summed E-state index contributed by atoms with van der Waals surface area (Å²) in [6.45, 7) is 2.51. The van der Waals surface area contributed by atoms with E-state index < -0.39 is 0 Å². The Kier molecular flexibility index (Phi) is 4.80. The number of nitrogens with zero attached hydrogens (tertiary/aromatic N) is 3. The molecule has 0 aliphatic heterocycles. The second-order valence-corrected chi connectivity index (χ2v) is 5.13. The molecule has 2 aromatic rings. The van der Waals surface area contributed by atoms with Gasteiger partial charge in [0, 0.05) is 10.0 Å². The number of benzene rings is 1. The fourth-order valence-corrected chi connectivity index (χ4v) is 2.41. The summed E-state index contributed by atoms with van der Waals surface area (Å²) in [5.74, 6) is 0. The Morgan fingerprint density at radius 1 is 1.32 bits per heavy atom. The van der Waals surface area contributed by atoms with E-state index in [9.17, 15) is 5.11 Å². The van der Waals surface area contributed by atoms with Gasteiger partial charge in [0.15, 0.2) is 0 Å². The van der Waals surface area contributed by atoms with E-state index in [1.165, 1.54) is 0 Å². The van der Waals surface area contributed by atoms with Gasteiger partial charge in [0.05, 0.1) is 18.8 Å². The van der Waals surface area contributed by atoms with Gasteiger partial charge >= 0.3 is 0 Å². The van der Waals surface area contributed by atoms with Gasteiger partial charge in [0.1, 0.15) is 5.69 Å². The van der Waals surface area contributed by atoms with Gasteiger partial charge in [-0.05, 0) is 24.1 Å². The average Bonchev–Trinajstić information content (AvgIpc) is 2.76. The first-order valence-electron chi connectivity index (χ1n) is 6.11. The monoisotopic (exact) mass is 299 g/mol. The summed E-state index contributed by atoms with van der Waals surface area (Å²) in [6, 6.07) is 5.38. The predicted octanol–water partition coefficient (Wildman–Crippen LogP) is 3.08. The second-order valence-electron chi connectivity index (χ2n) is 4.28. The molecule has 0 aliphatic rings. The van der Waals surface area contributed by atoms with E-state index in [1.54, 1.807) is 16.8 Å². The van der Waals surface area contributed by atoms with E-state index in [1.807, 2.05) is 6.07 Å². The highest BCUT2D eigenvalue weighted by atomic mass is 35.5. The van der Waals surface area contributed by atoms with Crippen LogP contribution in [0.15, 0.2) is 18.2 Å². The van der Waals surface area contributed by atoms with Gasteiger partial charge < -0.3 is 5.11 Å². The molecule has 19 heavy (non-hydrogen) atoms. The smallest absolute Gasteiger partial charge is 0.111 e. The Morgan fingerprint density at radius 2 is 2.11 bits per heavy atom. The first-order chi connectivity index (χ1) is 9.15. The molecule has 0 radical (unpaired) electrons. The van der Waals surface area contributed by atoms with E-state index in [0.29, 0.717) is 22.3 Å². The first-order valence-corrected chi connectivity index (χ1v) is 6.87. The van der Waals surface area contributed by atoms with Gasteiger partial charge in [-0.1, -0.05) is 47.8 Å². The average molecular weight is 300 g/mol. The van der Waals surface area contributed by atoms with Gasteiger partial charge in [0.2, 0.25) is 0 Å². The molecule has 0 bridgehead atoms. The van der Waals surface area contributed by atoms with Gasteiger partial charge in [-0.15, -0.1) is 5.10 Å². The third kappa shape index (κ3) is 3.26. The lowest BCUT2D eigenvalue weighted by Gasteiger charge is -2.08. The third-order valence-electron chi connectivity index (χ3n) is 2.89. The molecule has 2 rings (SSSR count). The van der Waals surface area contributed by atoms with Crippen molar-refractivity contribution in [2.24, 2.45) is 0 Å². The zero-order valence-electron chi connectivity index (χ0n) is 10.6. The quantitative estimate of drug-likeness (QED) is 0.923. The number of hydrogen-bond donors (Lipinski definition) is 1. The van der Waals surface area contributed by atoms with Crippen LogP contribution >= 0.6 is 23.2 Å². The Balaban J connectivity index is 2.29. The maximum Gasteiger partial charge on any atom is 0.111 e. The topological polar surface area (TPSA) is 50.9 Å². The summed E-state index contributed by atoms with van der Waals surface area (Å²) >= 11 is 12.0. The molecule has 0 fully saturated rings. The van der Waals surface area contributed by atoms with Crippen LogP contribution in [0, 0.1) is 0 Å². The lowest BCUT2D eigenvalue weighted by atomic mass is 10.2. The van der Waals surface area contributed by atoms with E-state index in [-0.39, 0.29) is 6.61 Å². The molecule has 1 heterocycles. The molecule has 0 spiro atoms. The summed E-state index contributed by atoms with van der Waals surface area (Å²) in [5, 5.41) is 18.5. The predicted molar refractivity (Wildman–Crippen MR) is 75.5 cm³/mol. The van der Waals surface area contributed by atoms with Crippen molar-refractivity contribution >= 4 is 23.2 Å². The van der Waals surface area contributed by atoms with Crippen LogP contribution in [0.3, 0.4) is 0 Å². The van der Waals surface area contributed by atoms with Gasteiger partial charge in [-0.2, -0.15) is 0 Å². The molecule has 6 heteroatoms. The van der Waals surface area contributed by atoms with Crippen molar-refractivity contribution in [2.45, 2.75) is 32.9 Å². The Labute approximate surface area is 122 Å². The van der Waals surface area contributed by atoms with Crippen molar-refractivity contribution in [2.75, 3.05) is 0 Å². The summed E-state index contributed by atoms with van der Waals surface area (Å²) in [5.41, 5.74) is 2.51. The SMILES string of the molecule is CCCc1c(CO)nnn1Cc1ccc(Cl)cc1Cl. The van der Waals surface area contributed by atoms with Crippen molar-refractivity contribution in [1.82, 2.24) is 15.0 Å². The summed E-state index contributed by atoms with van der Waals surface area (Å²) in [6.07, 6.45) is 1.79. The van der Waals surface area contributed by atoms with Crippen LogP contribution in [0.4, 0.5) is 0 Å². The highest BCUT2D eigenvalue weighted by Gasteiger charge is 2.12. The lowest BCUT2D eigenvalue weighted by Crippen LogP contribution is -2.08. The number of aromatic nitrogens is 3. The zero-order chi connectivity index (χ0) is 13.8. The van der Waals surface area contributed by atoms with Crippen LogP contribution in [0.5, 0.6) is 0 Å². The van der Waals surface area contributed by atoms with E-state index in [0.717, 1.165) is 24.1 Å². The van der Waals surface area contributed by atoms with Gasteiger partial charge in [0.25, 0.3) is 0 Å². The van der Waals surface area contributed by atoms with Gasteiger partial charge in [-0.3, -0.25) is 0 Å². The Bertz CT molecular complexity index is 569. The minimum Gasteiger partial charge on any atom is -0.390 e. The summed E-state index contributed by atoms with van der Waals surface area (Å²) in [7, 11) is 0. The summed E-state index contributed by atoms with van der Waals surface area (Å²) in [4.78, 5) is 0. The number of hydrogen-bond acceptors (Lipinski definition) is 3. The van der Waals surface area contributed by atoms with Crippen LogP contribution in [0.1, 0.15) is 30.3 Å². The number of aliphatic hydroxyl groups is 1. The molecule has 0 unspecified atom stereocenters. The van der Waals surface area contributed by atoms with E-state index in [2.05, 4.69) is 17.2 Å². The highest BCUT2D eigenvalue weighted by Crippen LogP contribution is 2.22. The molecule has 4 nitrogen and oxygen atoms in total. The highest BCUT2D eigenvalue weighted by molar-refractivity contribution is 6.35. The number of halogens is 2. The van der Waals surface area contributed by atoms with Crippen molar-refractivity contribution in [3.05, 3.63) is 45.2 Å². The molecule has 1 N–H and O–H groups in total. The molecular weight excluding hydrogens is 285 g/mol. The molecule has 0 atom stereocenters. The van der Waals surface area contributed by atoms with Crippen molar-refractivity contribution < 1.29 is 5.11 Å². The fraction of sp³-hybridized carbons (Fsp3) is 0.385. The third-order valence-corrected chi connectivity index (χ3v) is 3.48. The molecule has 1 aromatic carbocycles. The van der Waals surface area contributed by atoms with Crippen molar-refractivity contribution in [1.29, 1.82) is 0 Å². The second kappa shape index (κ2) is 6.37. The maximum atomic E-state index is 9.26. The molecular formula is C13H15Cl2N3O. The van der Waals surface area contributed by atoms with E-state index in [4.69, 9.17) is 23.2 Å². The molecule has 0 aliphatic carbocycles. The van der Waals surface area contributed by atoms with Gasteiger partial charge in [-0.25, -0.2) is 4.68 Å². The molecule has 0 amide bonds. The largest absolute Gasteiger partial charge is 0.390 e. The summed E-state index contributed by atoms with van der Waals surface area (Å²) < 4.78 is 1.78. The van der Waals surface area contributed by atoms with E-state index >= 15 is 0 Å². The fourth-order valence-electron chi connectivity index (χ4n) is 1.94. The Hall–Kier alpha value is -1.10. The van der Waals surface area contributed by atoms with Crippen LogP contribution in [-0.4, -0.2) is 20.1 Å². The zero-order valence-corrected chi connectivity index (χ0v) is 12.1. The number of rotatable bonds is 5. The minimum absolute atomic E-state index is 0.0936. The Morgan fingerprint density at radius 3 is 2.74 bits per heavy atom. The first kappa shape index (κ1) is 14.3. The molecule has 0 saturated heterocycles. The normalized spacial score (nSPS) is 10.9. The standard InChI is InChI=1S/C13H15Cl2N3O/c1-2-3-13-12(8-19)16-17-18(13)7-9-4-5-10(14)6-11(9)15/h4-6,19H,2-3,7-8H2,1H3. The lowest BCUT2D eigenvalue weighted by molar-refractivity contribution is 0.275. The maximum absolute atomic E-state index is 9.26.